The van der Waals surface area contributed by atoms with Crippen molar-refractivity contribution in [2.45, 2.75) is 44.7 Å². The Balaban J connectivity index is 1.74. The van der Waals surface area contributed by atoms with Crippen LogP contribution >= 0.6 is 0 Å². The van der Waals surface area contributed by atoms with Crippen LogP contribution in [0.2, 0.25) is 0 Å². The van der Waals surface area contributed by atoms with Gasteiger partial charge in [-0.25, -0.2) is 4.79 Å². The number of hydrogen-bond donors (Lipinski definition) is 1. The van der Waals surface area contributed by atoms with E-state index < -0.39 is 6.09 Å². The lowest BCUT2D eigenvalue weighted by molar-refractivity contribution is -0.130. The van der Waals surface area contributed by atoms with Gasteiger partial charge in [0.15, 0.2) is 6.61 Å². The summed E-state index contributed by atoms with van der Waals surface area (Å²) >= 11 is 0. The second-order valence-corrected chi connectivity index (χ2v) is 8.93. The minimum atomic E-state index is -0.398. The maximum atomic E-state index is 12.5. The largest absolute Gasteiger partial charge is 0.483 e. The normalized spacial score (nSPS) is 18.5. The molecule has 178 valence electrons. The summed E-state index contributed by atoms with van der Waals surface area (Å²) in [6.07, 6.45) is 7.11. The van der Waals surface area contributed by atoms with Gasteiger partial charge in [0.2, 0.25) is 0 Å². The number of ether oxygens (including phenoxy) is 2. The first-order chi connectivity index (χ1) is 15.9. The number of piperidine rings is 1. The Morgan fingerprint density at radius 3 is 2.67 bits per heavy atom. The fraction of sp³-hybridized carbons (Fsp3) is 0.542. The van der Waals surface area contributed by atoms with Crippen molar-refractivity contribution in [1.82, 2.24) is 20.0 Å². The molecule has 0 radical (unpaired) electrons. The molecule has 9 nitrogen and oxygen atoms in total. The molecule has 0 bridgehead atoms. The highest BCUT2D eigenvalue weighted by atomic mass is 16.5. The molecule has 3 heterocycles. The Bertz CT molecular complexity index is 1010. The van der Waals surface area contributed by atoms with E-state index in [1.54, 1.807) is 19.0 Å². The molecule has 9 heteroatoms. The lowest BCUT2D eigenvalue weighted by Crippen LogP contribution is -2.42. The maximum Gasteiger partial charge on any atom is 0.414 e. The van der Waals surface area contributed by atoms with Gasteiger partial charge in [0.25, 0.3) is 5.91 Å². The van der Waals surface area contributed by atoms with Crippen molar-refractivity contribution in [3.8, 4) is 16.9 Å². The molecule has 1 saturated heterocycles. The Kier molecular flexibility index (Phi) is 6.88. The second kappa shape index (κ2) is 9.82. The number of aromatic nitrogens is 2. The fourth-order valence-electron chi connectivity index (χ4n) is 4.58. The molecule has 4 rings (SSSR count). The van der Waals surface area contributed by atoms with E-state index in [0.29, 0.717) is 11.8 Å². The van der Waals surface area contributed by atoms with Crippen molar-refractivity contribution in [1.29, 1.82) is 0 Å². The van der Waals surface area contributed by atoms with Crippen molar-refractivity contribution in [3.63, 3.8) is 0 Å². The van der Waals surface area contributed by atoms with Crippen LogP contribution in [0.4, 0.5) is 10.5 Å². The Hall–Kier alpha value is -3.07. The highest BCUT2D eigenvalue weighted by Crippen LogP contribution is 2.43. The lowest BCUT2D eigenvalue weighted by atomic mass is 9.92. The Morgan fingerprint density at radius 2 is 1.97 bits per heavy atom. The molecule has 2 aliphatic heterocycles. The van der Waals surface area contributed by atoms with E-state index in [9.17, 15) is 9.59 Å². The molecule has 33 heavy (non-hydrogen) atoms. The minimum Gasteiger partial charge on any atom is -0.483 e. The van der Waals surface area contributed by atoms with Crippen LogP contribution in [-0.2, 0) is 16.0 Å². The molecule has 0 aliphatic carbocycles. The molecule has 1 N–H and O–H groups in total. The van der Waals surface area contributed by atoms with E-state index in [1.165, 1.54) is 12.0 Å². The number of hydrogen-bond acceptors (Lipinski definition) is 6. The number of carbonyl (C=O) groups is 2. The van der Waals surface area contributed by atoms with Gasteiger partial charge in [0.1, 0.15) is 5.75 Å². The summed E-state index contributed by atoms with van der Waals surface area (Å²) < 4.78 is 13.2. The smallest absolute Gasteiger partial charge is 0.414 e. The summed E-state index contributed by atoms with van der Waals surface area (Å²) in [5, 5.41) is 8.02. The molecule has 0 unspecified atom stereocenters. The van der Waals surface area contributed by atoms with Gasteiger partial charge in [0.05, 0.1) is 25.0 Å². The van der Waals surface area contributed by atoms with E-state index in [4.69, 9.17) is 9.47 Å². The number of anilines is 1. The van der Waals surface area contributed by atoms with Crippen LogP contribution in [0.15, 0.2) is 24.5 Å². The van der Waals surface area contributed by atoms with Crippen LogP contribution in [-0.4, -0.2) is 73.6 Å². The van der Waals surface area contributed by atoms with Crippen LogP contribution in [0.25, 0.3) is 11.1 Å². The number of nitrogens with zero attached hydrogens (tertiary/aromatic N) is 4. The Morgan fingerprint density at radius 1 is 1.21 bits per heavy atom. The van der Waals surface area contributed by atoms with E-state index in [-0.39, 0.29) is 18.6 Å². The van der Waals surface area contributed by atoms with Gasteiger partial charge in [-0.1, -0.05) is 0 Å². The third-order valence-corrected chi connectivity index (χ3v) is 6.55. The van der Waals surface area contributed by atoms with E-state index in [0.717, 1.165) is 61.2 Å². The molecule has 2 aliphatic rings. The summed E-state index contributed by atoms with van der Waals surface area (Å²) in [5.74, 6) is 0.506. The molecule has 0 spiro atoms. The Labute approximate surface area is 194 Å². The fourth-order valence-corrected chi connectivity index (χ4v) is 4.58. The van der Waals surface area contributed by atoms with Gasteiger partial charge in [0, 0.05) is 43.0 Å². The van der Waals surface area contributed by atoms with Gasteiger partial charge >= 0.3 is 6.09 Å². The highest BCUT2D eigenvalue weighted by Gasteiger charge is 2.32. The maximum absolute atomic E-state index is 12.5. The number of methoxy groups -OCH3 is 1. The molecule has 2 aromatic rings. The van der Waals surface area contributed by atoms with Gasteiger partial charge < -0.3 is 19.7 Å². The summed E-state index contributed by atoms with van der Waals surface area (Å²) in [5.41, 5.74) is 3.49. The lowest BCUT2D eigenvalue weighted by Gasteiger charge is -2.35. The summed E-state index contributed by atoms with van der Waals surface area (Å²) in [4.78, 5) is 28.0. The van der Waals surface area contributed by atoms with Crippen LogP contribution in [0, 0.1) is 0 Å². The molecule has 0 saturated carbocycles. The molecule has 2 amide bonds. The second-order valence-electron chi connectivity index (χ2n) is 8.93. The third-order valence-electron chi connectivity index (χ3n) is 6.55. The van der Waals surface area contributed by atoms with Crippen molar-refractivity contribution in [3.05, 3.63) is 30.1 Å². The molecular formula is C24H33N5O4. The van der Waals surface area contributed by atoms with Crippen LogP contribution in [0.1, 0.15) is 37.8 Å². The van der Waals surface area contributed by atoms with Crippen LogP contribution < -0.4 is 15.0 Å². The first-order valence-corrected chi connectivity index (χ1v) is 11.5. The van der Waals surface area contributed by atoms with Crippen molar-refractivity contribution in [2.24, 2.45) is 0 Å². The quantitative estimate of drug-likeness (QED) is 0.746. The van der Waals surface area contributed by atoms with E-state index >= 15 is 0 Å². The van der Waals surface area contributed by atoms with E-state index in [1.807, 2.05) is 29.9 Å². The number of likely N-dealkylation sites (N-methyl/N-ethyl adjacent to an activating group) is 1. The summed E-state index contributed by atoms with van der Waals surface area (Å²) in [7, 11) is 4.80. The number of fused-ring (bicyclic) bond motifs is 1. The monoisotopic (exact) mass is 455 g/mol. The van der Waals surface area contributed by atoms with Gasteiger partial charge in [-0.2, -0.15) is 5.10 Å². The van der Waals surface area contributed by atoms with E-state index in [2.05, 4.69) is 16.6 Å². The van der Waals surface area contributed by atoms with Gasteiger partial charge in [-0.3, -0.25) is 14.4 Å². The summed E-state index contributed by atoms with van der Waals surface area (Å²) in [6.45, 7) is 3.90. The molecule has 1 aromatic heterocycles. The van der Waals surface area contributed by atoms with Crippen LogP contribution in [0.5, 0.6) is 5.75 Å². The average molecular weight is 456 g/mol. The zero-order valence-corrected chi connectivity index (χ0v) is 19.8. The molecular weight excluding hydrogens is 422 g/mol. The minimum absolute atomic E-state index is 0.00900. The zero-order valence-electron chi connectivity index (χ0n) is 19.8. The topological polar surface area (TPSA) is 88.9 Å². The van der Waals surface area contributed by atoms with Crippen molar-refractivity contribution in [2.75, 3.05) is 45.8 Å². The molecule has 1 fully saturated rings. The van der Waals surface area contributed by atoms with Crippen LogP contribution in [0.3, 0.4) is 0 Å². The standard InChI is InChI=1S/C24H33N5O4/c1-16-5-6-20-21(29(16)24(31)32-4)8-7-19(23(20)33-15-22(30)27(2)3)17-13-26-28(14-17)18-9-11-25-12-10-18/h7-8,13-14,16,18,25H,5-6,9-12,15H2,1-4H3/t16-/m0/s1. The molecule has 1 atom stereocenters. The average Bonchev–Trinajstić information content (AvgIpc) is 3.32. The number of amides is 2. The number of carbonyl (C=O) groups excluding carboxylic acids is 2. The number of rotatable bonds is 5. The predicted octanol–water partition coefficient (Wildman–Crippen LogP) is 2.85. The first kappa shape index (κ1) is 23.1. The van der Waals surface area contributed by atoms with Gasteiger partial charge in [-0.05, 0) is 57.8 Å². The first-order valence-electron chi connectivity index (χ1n) is 11.5. The van der Waals surface area contributed by atoms with Crippen molar-refractivity contribution < 1.29 is 19.1 Å². The van der Waals surface area contributed by atoms with Gasteiger partial charge in [-0.15, -0.1) is 0 Å². The summed E-state index contributed by atoms with van der Waals surface area (Å²) in [6, 6.07) is 4.27. The third kappa shape index (κ3) is 4.68. The number of benzene rings is 1. The highest BCUT2D eigenvalue weighted by molar-refractivity contribution is 5.92. The SMILES string of the molecule is COC(=O)N1c2ccc(-c3cnn(C4CCNCC4)c3)c(OCC(=O)N(C)C)c2CC[C@@H]1C. The zero-order chi connectivity index (χ0) is 23.5. The predicted molar refractivity (Wildman–Crippen MR) is 126 cm³/mol. The van der Waals surface area contributed by atoms with Crippen molar-refractivity contribution >= 4 is 17.7 Å². The number of nitrogens with one attached hydrogen (secondary N) is 1. The molecule has 1 aromatic carbocycles.